The van der Waals surface area contributed by atoms with E-state index in [0.717, 1.165) is 61.6 Å². The molecule has 0 amide bonds. The predicted octanol–water partition coefficient (Wildman–Crippen LogP) is 5.07. The molecule has 1 aromatic carbocycles. The van der Waals surface area contributed by atoms with E-state index in [1.807, 2.05) is 48.7 Å². The Balaban J connectivity index is 1.13. The number of anilines is 2. The number of hydrogen-bond acceptors (Lipinski definition) is 6. The van der Waals surface area contributed by atoms with Crippen LogP contribution in [0.5, 0.6) is 0 Å². The lowest BCUT2D eigenvalue weighted by atomic mass is 10.1. The van der Waals surface area contributed by atoms with Crippen molar-refractivity contribution in [2.24, 2.45) is 0 Å². The van der Waals surface area contributed by atoms with Crippen molar-refractivity contribution in [1.82, 2.24) is 14.9 Å². The number of nitrogens with one attached hydrogen (secondary N) is 1. The minimum Gasteiger partial charge on any atom is -0.460 e. The topological polar surface area (TPSA) is 57.4 Å². The Bertz CT molecular complexity index is 1010. The molecule has 2 saturated heterocycles. The third-order valence-corrected chi connectivity index (χ3v) is 6.25. The number of furan rings is 1. The molecule has 0 atom stereocenters. The van der Waals surface area contributed by atoms with Gasteiger partial charge in [-0.15, -0.1) is 0 Å². The van der Waals surface area contributed by atoms with E-state index in [4.69, 9.17) is 21.0 Å². The molecule has 0 radical (unpaired) electrons. The van der Waals surface area contributed by atoms with Crippen molar-refractivity contribution in [3.05, 3.63) is 59.4 Å². The van der Waals surface area contributed by atoms with Gasteiger partial charge in [0.2, 0.25) is 5.95 Å². The van der Waals surface area contributed by atoms with Crippen LogP contribution in [0.15, 0.2) is 53.1 Å². The largest absolute Gasteiger partial charge is 0.460 e. The van der Waals surface area contributed by atoms with E-state index in [9.17, 15) is 0 Å². The highest BCUT2D eigenvalue weighted by Gasteiger charge is 2.28. The second kappa shape index (κ2) is 9.28. The SMILES string of the molecule is Clc1cccc(-c2ccc(CN3CC(Nc4nccc(N5CCCCCC5)n4)C3)o2)c1. The minimum atomic E-state index is 0.363. The quantitative estimate of drug-likeness (QED) is 0.581. The Morgan fingerprint density at radius 1 is 1.03 bits per heavy atom. The molecular formula is C24H28ClN5O. The molecule has 3 aromatic rings. The van der Waals surface area contributed by atoms with Gasteiger partial charge in [0.25, 0.3) is 0 Å². The van der Waals surface area contributed by atoms with E-state index in [0.29, 0.717) is 11.1 Å². The third-order valence-electron chi connectivity index (χ3n) is 6.01. The van der Waals surface area contributed by atoms with E-state index in [1.54, 1.807) is 0 Å². The lowest BCUT2D eigenvalue weighted by Gasteiger charge is -2.39. The van der Waals surface area contributed by atoms with E-state index in [1.165, 1.54) is 25.7 Å². The molecule has 4 heterocycles. The molecule has 2 aliphatic rings. The second-order valence-corrected chi connectivity index (χ2v) is 8.89. The molecule has 7 heteroatoms. The van der Waals surface area contributed by atoms with E-state index >= 15 is 0 Å². The van der Waals surface area contributed by atoms with Crippen molar-refractivity contribution < 1.29 is 4.42 Å². The van der Waals surface area contributed by atoms with Crippen LogP contribution in [-0.4, -0.2) is 47.1 Å². The van der Waals surface area contributed by atoms with Crippen molar-refractivity contribution >= 4 is 23.4 Å². The van der Waals surface area contributed by atoms with Gasteiger partial charge in [0.1, 0.15) is 17.3 Å². The number of likely N-dealkylation sites (tertiary alicyclic amines) is 1. The summed E-state index contributed by atoms with van der Waals surface area (Å²) in [4.78, 5) is 14.0. The van der Waals surface area contributed by atoms with Gasteiger partial charge in [-0.25, -0.2) is 4.98 Å². The van der Waals surface area contributed by atoms with Crippen LogP contribution in [0, 0.1) is 0 Å². The normalized spacial score (nSPS) is 17.9. The lowest BCUT2D eigenvalue weighted by Crippen LogP contribution is -2.54. The summed E-state index contributed by atoms with van der Waals surface area (Å²) in [6.45, 7) is 4.88. The lowest BCUT2D eigenvalue weighted by molar-refractivity contribution is 0.141. The van der Waals surface area contributed by atoms with Crippen molar-refractivity contribution in [1.29, 1.82) is 0 Å². The molecule has 162 valence electrons. The first-order valence-electron chi connectivity index (χ1n) is 11.1. The fourth-order valence-electron chi connectivity index (χ4n) is 4.35. The van der Waals surface area contributed by atoms with Crippen LogP contribution in [-0.2, 0) is 6.54 Å². The van der Waals surface area contributed by atoms with Gasteiger partial charge in [0.15, 0.2) is 0 Å². The first-order valence-corrected chi connectivity index (χ1v) is 11.5. The number of aromatic nitrogens is 2. The van der Waals surface area contributed by atoms with Crippen molar-refractivity contribution in [3.63, 3.8) is 0 Å². The third kappa shape index (κ3) is 5.02. The van der Waals surface area contributed by atoms with Crippen LogP contribution in [0.3, 0.4) is 0 Å². The van der Waals surface area contributed by atoms with Crippen molar-refractivity contribution in [3.8, 4) is 11.3 Å². The maximum Gasteiger partial charge on any atom is 0.224 e. The van der Waals surface area contributed by atoms with E-state index < -0.39 is 0 Å². The van der Waals surface area contributed by atoms with Crippen molar-refractivity contribution in [2.45, 2.75) is 38.3 Å². The van der Waals surface area contributed by atoms with Crippen LogP contribution < -0.4 is 10.2 Å². The van der Waals surface area contributed by atoms with Gasteiger partial charge in [-0.3, -0.25) is 4.90 Å². The molecular weight excluding hydrogens is 410 g/mol. The standard InChI is InChI=1S/C24H28ClN5O/c25-19-7-5-6-18(14-19)22-9-8-21(31-22)17-29-15-20(16-29)27-24-26-11-10-23(28-24)30-12-3-1-2-4-13-30/h5-11,14,20H,1-4,12-13,15-17H2,(H,26,27,28). The van der Waals surface area contributed by atoms with Gasteiger partial charge in [0.05, 0.1) is 12.6 Å². The van der Waals surface area contributed by atoms with Gasteiger partial charge < -0.3 is 14.6 Å². The zero-order valence-electron chi connectivity index (χ0n) is 17.6. The highest BCUT2D eigenvalue weighted by Crippen LogP contribution is 2.26. The molecule has 6 nitrogen and oxygen atoms in total. The van der Waals surface area contributed by atoms with Gasteiger partial charge in [-0.05, 0) is 43.2 Å². The Labute approximate surface area is 188 Å². The van der Waals surface area contributed by atoms with Gasteiger partial charge in [0, 0.05) is 43.0 Å². The summed E-state index contributed by atoms with van der Waals surface area (Å²) >= 11 is 6.09. The zero-order valence-corrected chi connectivity index (χ0v) is 18.4. The Morgan fingerprint density at radius 3 is 2.68 bits per heavy atom. The highest BCUT2D eigenvalue weighted by molar-refractivity contribution is 6.30. The molecule has 0 aliphatic carbocycles. The summed E-state index contributed by atoms with van der Waals surface area (Å²) in [7, 11) is 0. The molecule has 0 unspecified atom stereocenters. The second-order valence-electron chi connectivity index (χ2n) is 8.45. The van der Waals surface area contributed by atoms with Crippen LogP contribution in [0.4, 0.5) is 11.8 Å². The first kappa shape index (κ1) is 20.3. The smallest absolute Gasteiger partial charge is 0.224 e. The fourth-order valence-corrected chi connectivity index (χ4v) is 4.54. The molecule has 0 bridgehead atoms. The fraction of sp³-hybridized carbons (Fsp3) is 0.417. The number of benzene rings is 1. The van der Waals surface area contributed by atoms with Crippen LogP contribution in [0.1, 0.15) is 31.4 Å². The van der Waals surface area contributed by atoms with Gasteiger partial charge >= 0.3 is 0 Å². The van der Waals surface area contributed by atoms with Crippen LogP contribution in [0.25, 0.3) is 11.3 Å². The van der Waals surface area contributed by atoms with Crippen molar-refractivity contribution in [2.75, 3.05) is 36.4 Å². The molecule has 2 aliphatic heterocycles. The summed E-state index contributed by atoms with van der Waals surface area (Å²) in [5.74, 6) is 3.59. The Morgan fingerprint density at radius 2 is 1.87 bits per heavy atom. The Kier molecular flexibility index (Phi) is 6.09. The van der Waals surface area contributed by atoms with Gasteiger partial charge in [-0.1, -0.05) is 36.6 Å². The average Bonchev–Trinajstić information content (AvgIpc) is 3.05. The predicted molar refractivity (Wildman–Crippen MR) is 125 cm³/mol. The molecule has 2 aromatic heterocycles. The first-order chi connectivity index (χ1) is 15.2. The molecule has 1 N–H and O–H groups in total. The zero-order chi connectivity index (χ0) is 21.0. The van der Waals surface area contributed by atoms with Crippen LogP contribution >= 0.6 is 11.6 Å². The summed E-state index contributed by atoms with van der Waals surface area (Å²) in [6.07, 6.45) is 7.00. The summed E-state index contributed by atoms with van der Waals surface area (Å²) < 4.78 is 6.03. The summed E-state index contributed by atoms with van der Waals surface area (Å²) in [6, 6.07) is 14.2. The minimum absolute atomic E-state index is 0.363. The average molecular weight is 438 g/mol. The monoisotopic (exact) mass is 437 g/mol. The number of nitrogens with zero attached hydrogens (tertiary/aromatic N) is 4. The summed E-state index contributed by atoms with van der Waals surface area (Å²) in [5, 5.41) is 4.21. The maximum atomic E-state index is 6.09. The van der Waals surface area contributed by atoms with E-state index in [-0.39, 0.29) is 0 Å². The molecule has 5 rings (SSSR count). The molecule has 31 heavy (non-hydrogen) atoms. The van der Waals surface area contributed by atoms with Gasteiger partial charge in [-0.2, -0.15) is 4.98 Å². The highest BCUT2D eigenvalue weighted by atomic mass is 35.5. The summed E-state index contributed by atoms with van der Waals surface area (Å²) in [5.41, 5.74) is 1.00. The molecule has 0 spiro atoms. The van der Waals surface area contributed by atoms with E-state index in [2.05, 4.69) is 20.1 Å². The van der Waals surface area contributed by atoms with Crippen LogP contribution in [0.2, 0.25) is 5.02 Å². The molecule has 0 saturated carbocycles. The maximum absolute atomic E-state index is 6.09. The number of hydrogen-bond donors (Lipinski definition) is 1. The Hall–Kier alpha value is -2.57. The molecule has 2 fully saturated rings. The number of rotatable bonds is 6. The number of halogens is 1.